The van der Waals surface area contributed by atoms with E-state index in [0.717, 1.165) is 5.56 Å². The van der Waals surface area contributed by atoms with E-state index in [1.54, 1.807) is 25.3 Å². The van der Waals surface area contributed by atoms with Crippen LogP contribution in [0.3, 0.4) is 0 Å². The molecule has 1 aliphatic rings. The highest BCUT2D eigenvalue weighted by molar-refractivity contribution is 14.0. The smallest absolute Gasteiger partial charge is 0.412 e. The first-order valence-corrected chi connectivity index (χ1v) is 10.1. The normalized spacial score (nSPS) is 20.6. The van der Waals surface area contributed by atoms with Crippen molar-refractivity contribution >= 4 is 36.0 Å². The van der Waals surface area contributed by atoms with Crippen LogP contribution >= 0.6 is 24.0 Å². The van der Waals surface area contributed by atoms with Crippen LogP contribution in [0.2, 0.25) is 0 Å². The van der Waals surface area contributed by atoms with Crippen LogP contribution in [-0.2, 0) is 16.0 Å². The molecule has 0 saturated carbocycles. The SMILES string of the molecule is CN=C(NCc1cccnc1OC)NCC1C(C)OC(C)(C)N1C(=O)OC(C)(C)C.I. The summed E-state index contributed by atoms with van der Waals surface area (Å²) in [7, 11) is 3.29. The highest BCUT2D eigenvalue weighted by Gasteiger charge is 2.49. The summed E-state index contributed by atoms with van der Waals surface area (Å²) in [6.07, 6.45) is 1.12. The maximum absolute atomic E-state index is 12.9. The highest BCUT2D eigenvalue weighted by Crippen LogP contribution is 2.33. The van der Waals surface area contributed by atoms with Crippen molar-refractivity contribution in [3.63, 3.8) is 0 Å². The third-order valence-corrected chi connectivity index (χ3v) is 4.71. The van der Waals surface area contributed by atoms with Crippen molar-refractivity contribution in [3.05, 3.63) is 23.9 Å². The molecule has 31 heavy (non-hydrogen) atoms. The summed E-state index contributed by atoms with van der Waals surface area (Å²) in [5.41, 5.74) is -0.442. The van der Waals surface area contributed by atoms with E-state index in [-0.39, 0.29) is 36.1 Å². The van der Waals surface area contributed by atoms with Gasteiger partial charge < -0.3 is 24.8 Å². The first-order chi connectivity index (χ1) is 14.0. The lowest BCUT2D eigenvalue weighted by Gasteiger charge is -2.35. The van der Waals surface area contributed by atoms with Crippen LogP contribution in [0.15, 0.2) is 23.3 Å². The number of halogens is 1. The third kappa shape index (κ3) is 7.37. The minimum Gasteiger partial charge on any atom is -0.481 e. The summed E-state index contributed by atoms with van der Waals surface area (Å²) >= 11 is 0. The summed E-state index contributed by atoms with van der Waals surface area (Å²) in [6.45, 7) is 12.2. The van der Waals surface area contributed by atoms with Crippen LogP contribution in [0.5, 0.6) is 5.88 Å². The van der Waals surface area contributed by atoms with Crippen molar-refractivity contribution in [2.75, 3.05) is 20.7 Å². The molecule has 1 aromatic heterocycles. The van der Waals surface area contributed by atoms with Crippen LogP contribution < -0.4 is 15.4 Å². The molecular formula is C21H36IN5O4. The largest absolute Gasteiger partial charge is 0.481 e. The second-order valence-electron chi connectivity index (χ2n) is 8.67. The summed E-state index contributed by atoms with van der Waals surface area (Å²) < 4.78 is 16.9. The van der Waals surface area contributed by atoms with Crippen LogP contribution in [0.1, 0.15) is 47.1 Å². The fourth-order valence-electron chi connectivity index (χ4n) is 3.47. The van der Waals surface area contributed by atoms with Gasteiger partial charge in [-0.15, -0.1) is 24.0 Å². The number of ether oxygens (including phenoxy) is 3. The standard InChI is InChI=1S/C21H35N5O4.HI/c1-14-16(26(21(5,6)29-14)19(27)30-20(2,3)4)13-25-18(22-7)24-12-15-10-9-11-23-17(15)28-8;/h9-11,14,16H,12-13H2,1-8H3,(H2,22,24,25);1H. The molecule has 1 aromatic rings. The molecule has 0 spiro atoms. The Kier molecular flexibility index (Phi) is 9.80. The second-order valence-corrected chi connectivity index (χ2v) is 8.67. The van der Waals surface area contributed by atoms with Crippen molar-refractivity contribution in [1.29, 1.82) is 0 Å². The van der Waals surface area contributed by atoms with E-state index in [4.69, 9.17) is 14.2 Å². The van der Waals surface area contributed by atoms with E-state index in [2.05, 4.69) is 20.6 Å². The Bertz CT molecular complexity index is 766. The zero-order chi connectivity index (χ0) is 22.5. The van der Waals surface area contributed by atoms with Gasteiger partial charge in [0.25, 0.3) is 0 Å². The first kappa shape index (κ1) is 27.2. The molecule has 0 aliphatic carbocycles. The number of guanidine groups is 1. The van der Waals surface area contributed by atoms with Gasteiger partial charge >= 0.3 is 6.09 Å². The monoisotopic (exact) mass is 549 g/mol. The van der Waals surface area contributed by atoms with Gasteiger partial charge in [-0.1, -0.05) is 6.07 Å². The summed E-state index contributed by atoms with van der Waals surface area (Å²) in [5.74, 6) is 1.16. The number of hydrogen-bond acceptors (Lipinski definition) is 6. The number of nitrogens with zero attached hydrogens (tertiary/aromatic N) is 3. The van der Waals surface area contributed by atoms with Crippen molar-refractivity contribution in [2.45, 2.75) is 71.6 Å². The van der Waals surface area contributed by atoms with Gasteiger partial charge in [0.05, 0.1) is 19.3 Å². The number of carbonyl (C=O) groups excluding carboxylic acids is 1. The molecule has 10 heteroatoms. The lowest BCUT2D eigenvalue weighted by molar-refractivity contribution is -0.0755. The van der Waals surface area contributed by atoms with Crippen LogP contribution in [0.25, 0.3) is 0 Å². The third-order valence-electron chi connectivity index (χ3n) is 4.71. The number of amides is 1. The van der Waals surface area contributed by atoms with Gasteiger partial charge in [0.2, 0.25) is 5.88 Å². The summed E-state index contributed by atoms with van der Waals surface area (Å²) in [4.78, 5) is 23.0. The van der Waals surface area contributed by atoms with Crippen LogP contribution in [0, 0.1) is 0 Å². The zero-order valence-corrected chi connectivity index (χ0v) is 22.0. The van der Waals surface area contributed by atoms with Crippen LogP contribution in [0.4, 0.5) is 4.79 Å². The number of nitrogens with one attached hydrogen (secondary N) is 2. The zero-order valence-electron chi connectivity index (χ0n) is 19.7. The molecular weight excluding hydrogens is 513 g/mol. The Labute approximate surface area is 202 Å². The van der Waals surface area contributed by atoms with Gasteiger partial charge in [-0.25, -0.2) is 9.78 Å². The molecule has 176 valence electrons. The van der Waals surface area contributed by atoms with E-state index in [0.29, 0.717) is 24.9 Å². The van der Waals surface area contributed by atoms with E-state index < -0.39 is 17.4 Å². The average Bonchev–Trinajstić information content (AvgIpc) is 2.88. The second kappa shape index (κ2) is 11.2. The minimum atomic E-state index is -0.770. The number of pyridine rings is 1. The molecule has 1 aliphatic heterocycles. The highest BCUT2D eigenvalue weighted by atomic mass is 127. The molecule has 0 aromatic carbocycles. The van der Waals surface area contributed by atoms with Gasteiger partial charge in [0.1, 0.15) is 11.3 Å². The fourth-order valence-corrected chi connectivity index (χ4v) is 3.47. The van der Waals surface area contributed by atoms with Gasteiger partial charge in [0.15, 0.2) is 5.96 Å². The molecule has 2 unspecified atom stereocenters. The topological polar surface area (TPSA) is 97.3 Å². The molecule has 1 fully saturated rings. The Morgan fingerprint density at radius 3 is 2.61 bits per heavy atom. The quantitative estimate of drug-likeness (QED) is 0.331. The summed E-state index contributed by atoms with van der Waals surface area (Å²) in [5, 5.41) is 6.53. The van der Waals surface area contributed by atoms with Crippen molar-refractivity contribution in [3.8, 4) is 5.88 Å². The van der Waals surface area contributed by atoms with Gasteiger partial charge in [-0.2, -0.15) is 0 Å². The van der Waals surface area contributed by atoms with Gasteiger partial charge in [-0.3, -0.25) is 9.89 Å². The van der Waals surface area contributed by atoms with Crippen molar-refractivity contribution < 1.29 is 19.0 Å². The fraction of sp³-hybridized carbons (Fsp3) is 0.667. The Morgan fingerprint density at radius 1 is 1.35 bits per heavy atom. The minimum absolute atomic E-state index is 0. The number of carbonyl (C=O) groups is 1. The molecule has 2 rings (SSSR count). The molecule has 0 bridgehead atoms. The summed E-state index contributed by atoms with van der Waals surface area (Å²) in [6, 6.07) is 3.57. The predicted octanol–water partition coefficient (Wildman–Crippen LogP) is 3.13. The van der Waals surface area contributed by atoms with Crippen molar-refractivity contribution in [1.82, 2.24) is 20.5 Å². The van der Waals surface area contributed by atoms with Gasteiger partial charge in [0, 0.05) is 31.9 Å². The molecule has 2 atom stereocenters. The Balaban J connectivity index is 0.00000480. The van der Waals surface area contributed by atoms with Crippen LogP contribution in [-0.4, -0.2) is 66.1 Å². The van der Waals surface area contributed by atoms with E-state index in [9.17, 15) is 4.79 Å². The Hall–Kier alpha value is -1.82. The van der Waals surface area contributed by atoms with E-state index in [1.165, 1.54) is 0 Å². The number of aromatic nitrogens is 1. The molecule has 2 heterocycles. The average molecular weight is 549 g/mol. The lowest BCUT2D eigenvalue weighted by atomic mass is 10.1. The maximum Gasteiger partial charge on any atom is 0.412 e. The van der Waals surface area contributed by atoms with E-state index >= 15 is 0 Å². The van der Waals surface area contributed by atoms with Crippen molar-refractivity contribution in [2.24, 2.45) is 4.99 Å². The number of rotatable bonds is 5. The van der Waals surface area contributed by atoms with E-state index in [1.807, 2.05) is 53.7 Å². The molecule has 1 amide bonds. The number of aliphatic imine (C=N–C) groups is 1. The predicted molar refractivity (Wildman–Crippen MR) is 131 cm³/mol. The Morgan fingerprint density at radius 2 is 2.03 bits per heavy atom. The number of hydrogen-bond donors (Lipinski definition) is 2. The maximum atomic E-state index is 12.9. The number of methoxy groups -OCH3 is 1. The lowest BCUT2D eigenvalue weighted by Crippen LogP contribution is -2.54. The first-order valence-electron chi connectivity index (χ1n) is 10.1. The molecule has 2 N–H and O–H groups in total. The molecule has 9 nitrogen and oxygen atoms in total. The molecule has 0 radical (unpaired) electrons. The van der Waals surface area contributed by atoms with Gasteiger partial charge in [-0.05, 0) is 47.6 Å². The molecule has 1 saturated heterocycles.